The topological polar surface area (TPSA) is 84.0 Å². The summed E-state index contributed by atoms with van der Waals surface area (Å²) >= 11 is 0. The molecule has 2 amide bonds. The molecule has 0 spiro atoms. The molecule has 2 N–H and O–H groups in total. The Morgan fingerprint density at radius 2 is 1.76 bits per heavy atom. The Morgan fingerprint density at radius 1 is 0.920 bits per heavy atom. The molecule has 0 aliphatic heterocycles. The van der Waals surface area contributed by atoms with E-state index in [4.69, 9.17) is 0 Å². The highest BCUT2D eigenvalue weighted by Gasteiger charge is 2.12. The highest BCUT2D eigenvalue weighted by atomic mass is 16.2. The van der Waals surface area contributed by atoms with Gasteiger partial charge in [0.15, 0.2) is 0 Å². The summed E-state index contributed by atoms with van der Waals surface area (Å²) in [5.74, 6) is -0.645. The highest BCUT2D eigenvalue weighted by Crippen LogP contribution is 2.09. The number of benzene rings is 1. The van der Waals surface area contributed by atoms with Gasteiger partial charge < -0.3 is 10.6 Å². The van der Waals surface area contributed by atoms with E-state index < -0.39 is 0 Å². The number of carbonyl (C=O) groups is 2. The fourth-order valence-electron chi connectivity index (χ4n) is 2.20. The Kier molecular flexibility index (Phi) is 5.11. The molecule has 3 aromatic rings. The summed E-state index contributed by atoms with van der Waals surface area (Å²) in [6.07, 6.45) is 4.80. The van der Waals surface area contributed by atoms with Crippen LogP contribution in [0.15, 0.2) is 73.2 Å². The predicted molar refractivity (Wildman–Crippen MR) is 94.0 cm³/mol. The van der Waals surface area contributed by atoms with Gasteiger partial charge in [0.2, 0.25) is 0 Å². The zero-order chi connectivity index (χ0) is 17.5. The van der Waals surface area contributed by atoms with Crippen molar-refractivity contribution in [2.75, 3.05) is 5.32 Å². The normalized spacial score (nSPS) is 10.1. The van der Waals surface area contributed by atoms with Crippen molar-refractivity contribution in [2.45, 2.75) is 6.54 Å². The van der Waals surface area contributed by atoms with Crippen LogP contribution in [0.4, 0.5) is 5.69 Å². The first kappa shape index (κ1) is 16.3. The summed E-state index contributed by atoms with van der Waals surface area (Å²) < 4.78 is 0. The SMILES string of the molecule is O=C(NCc1cccnc1)c1ccnc(C(=O)Nc2ccccc2)c1. The molecule has 3 rings (SSSR count). The van der Waals surface area contributed by atoms with E-state index in [9.17, 15) is 9.59 Å². The molecule has 6 nitrogen and oxygen atoms in total. The maximum absolute atomic E-state index is 12.3. The van der Waals surface area contributed by atoms with Crippen molar-refractivity contribution in [1.29, 1.82) is 0 Å². The van der Waals surface area contributed by atoms with Crippen LogP contribution in [0.3, 0.4) is 0 Å². The molecule has 0 aliphatic rings. The molecule has 0 aliphatic carbocycles. The molecule has 0 fully saturated rings. The zero-order valence-corrected chi connectivity index (χ0v) is 13.3. The van der Waals surface area contributed by atoms with Crippen molar-refractivity contribution in [3.8, 4) is 0 Å². The minimum absolute atomic E-state index is 0.179. The summed E-state index contributed by atoms with van der Waals surface area (Å²) in [7, 11) is 0. The smallest absolute Gasteiger partial charge is 0.274 e. The van der Waals surface area contributed by atoms with E-state index in [0.29, 0.717) is 17.8 Å². The average molecular weight is 332 g/mol. The van der Waals surface area contributed by atoms with E-state index in [-0.39, 0.29) is 17.5 Å². The van der Waals surface area contributed by atoms with Gasteiger partial charge in [0.1, 0.15) is 5.69 Å². The van der Waals surface area contributed by atoms with E-state index in [1.54, 1.807) is 36.7 Å². The van der Waals surface area contributed by atoms with Gasteiger partial charge in [-0.3, -0.25) is 19.6 Å². The maximum atomic E-state index is 12.3. The summed E-state index contributed by atoms with van der Waals surface area (Å²) in [5, 5.41) is 5.53. The largest absolute Gasteiger partial charge is 0.348 e. The van der Waals surface area contributed by atoms with Crippen molar-refractivity contribution >= 4 is 17.5 Å². The number of rotatable bonds is 5. The molecule has 0 unspecified atom stereocenters. The minimum atomic E-state index is -0.367. The highest BCUT2D eigenvalue weighted by molar-refractivity contribution is 6.04. The Morgan fingerprint density at radius 3 is 2.52 bits per heavy atom. The van der Waals surface area contributed by atoms with Crippen molar-refractivity contribution in [3.05, 3.63) is 90.0 Å². The quantitative estimate of drug-likeness (QED) is 0.752. The molecule has 2 heterocycles. The second-order valence-corrected chi connectivity index (χ2v) is 5.29. The minimum Gasteiger partial charge on any atom is -0.348 e. The number of amides is 2. The van der Waals surface area contributed by atoms with Crippen LogP contribution in [0.5, 0.6) is 0 Å². The second-order valence-electron chi connectivity index (χ2n) is 5.29. The lowest BCUT2D eigenvalue weighted by molar-refractivity contribution is 0.0950. The molecule has 0 radical (unpaired) electrons. The Hall–Kier alpha value is -3.54. The van der Waals surface area contributed by atoms with Crippen LogP contribution in [0.1, 0.15) is 26.4 Å². The van der Waals surface area contributed by atoms with Crippen molar-refractivity contribution < 1.29 is 9.59 Å². The van der Waals surface area contributed by atoms with Crippen molar-refractivity contribution in [3.63, 3.8) is 0 Å². The fourth-order valence-corrected chi connectivity index (χ4v) is 2.20. The number of carbonyl (C=O) groups excluding carboxylic acids is 2. The number of nitrogens with one attached hydrogen (secondary N) is 2. The van der Waals surface area contributed by atoms with Crippen LogP contribution < -0.4 is 10.6 Å². The second kappa shape index (κ2) is 7.83. The Bertz CT molecular complexity index is 867. The van der Waals surface area contributed by atoms with Gasteiger partial charge in [-0.05, 0) is 35.9 Å². The van der Waals surface area contributed by atoms with Crippen LogP contribution in [0.2, 0.25) is 0 Å². The van der Waals surface area contributed by atoms with Crippen LogP contribution in [-0.2, 0) is 6.54 Å². The molecule has 0 saturated heterocycles. The first-order chi connectivity index (χ1) is 12.2. The van der Waals surface area contributed by atoms with Gasteiger partial charge in [-0.1, -0.05) is 24.3 Å². The predicted octanol–water partition coefficient (Wildman–Crippen LogP) is 2.66. The van der Waals surface area contributed by atoms with Crippen LogP contribution in [0.25, 0.3) is 0 Å². The monoisotopic (exact) mass is 332 g/mol. The third-order valence-corrected chi connectivity index (χ3v) is 3.46. The number of pyridine rings is 2. The van der Waals surface area contributed by atoms with Gasteiger partial charge in [-0.15, -0.1) is 0 Å². The molecular weight excluding hydrogens is 316 g/mol. The molecule has 0 saturated carbocycles. The average Bonchev–Trinajstić information content (AvgIpc) is 2.68. The lowest BCUT2D eigenvalue weighted by atomic mass is 10.2. The van der Waals surface area contributed by atoms with Crippen molar-refractivity contribution in [1.82, 2.24) is 15.3 Å². The van der Waals surface area contributed by atoms with Gasteiger partial charge in [-0.2, -0.15) is 0 Å². The molecule has 124 valence electrons. The number of hydrogen-bond acceptors (Lipinski definition) is 4. The Balaban J connectivity index is 1.66. The van der Waals surface area contributed by atoms with E-state index in [1.807, 2.05) is 24.3 Å². The molecule has 0 atom stereocenters. The lowest BCUT2D eigenvalue weighted by Crippen LogP contribution is -2.23. The third-order valence-electron chi connectivity index (χ3n) is 3.46. The summed E-state index contributed by atoms with van der Waals surface area (Å²) in [5.41, 5.74) is 2.11. The van der Waals surface area contributed by atoms with Gasteiger partial charge in [0.05, 0.1) is 0 Å². The number of para-hydroxylation sites is 1. The first-order valence-corrected chi connectivity index (χ1v) is 7.72. The van der Waals surface area contributed by atoms with Crippen LogP contribution in [-0.4, -0.2) is 21.8 Å². The van der Waals surface area contributed by atoms with Gasteiger partial charge in [0.25, 0.3) is 11.8 Å². The number of hydrogen-bond donors (Lipinski definition) is 2. The molecule has 0 bridgehead atoms. The van der Waals surface area contributed by atoms with E-state index in [1.165, 1.54) is 12.3 Å². The molecule has 1 aromatic carbocycles. The van der Waals surface area contributed by atoms with Gasteiger partial charge in [0, 0.05) is 36.4 Å². The van der Waals surface area contributed by atoms with E-state index in [0.717, 1.165) is 5.56 Å². The number of anilines is 1. The standard InChI is InChI=1S/C19H16N4O2/c24-18(22-13-14-5-4-9-20-12-14)15-8-10-21-17(11-15)19(25)23-16-6-2-1-3-7-16/h1-12H,13H2,(H,22,24)(H,23,25). The van der Waals surface area contributed by atoms with Crippen LogP contribution >= 0.6 is 0 Å². The van der Waals surface area contributed by atoms with E-state index >= 15 is 0 Å². The first-order valence-electron chi connectivity index (χ1n) is 7.72. The third kappa shape index (κ3) is 4.48. The zero-order valence-electron chi connectivity index (χ0n) is 13.3. The maximum Gasteiger partial charge on any atom is 0.274 e. The van der Waals surface area contributed by atoms with Gasteiger partial charge >= 0.3 is 0 Å². The lowest BCUT2D eigenvalue weighted by Gasteiger charge is -2.07. The molecule has 25 heavy (non-hydrogen) atoms. The molecular formula is C19H16N4O2. The molecule has 6 heteroatoms. The number of aromatic nitrogens is 2. The van der Waals surface area contributed by atoms with Gasteiger partial charge in [-0.25, -0.2) is 0 Å². The summed E-state index contributed by atoms with van der Waals surface area (Å²) in [4.78, 5) is 32.5. The summed E-state index contributed by atoms with van der Waals surface area (Å²) in [6.45, 7) is 0.362. The molecule has 2 aromatic heterocycles. The number of nitrogens with zero attached hydrogens (tertiary/aromatic N) is 2. The van der Waals surface area contributed by atoms with Crippen molar-refractivity contribution in [2.24, 2.45) is 0 Å². The van der Waals surface area contributed by atoms with E-state index in [2.05, 4.69) is 20.6 Å². The van der Waals surface area contributed by atoms with Crippen LogP contribution in [0, 0.1) is 0 Å². The Labute approximate surface area is 145 Å². The summed E-state index contributed by atoms with van der Waals surface area (Å²) in [6, 6.07) is 15.8. The fraction of sp³-hybridized carbons (Fsp3) is 0.0526.